The second kappa shape index (κ2) is 14.0. The first kappa shape index (κ1) is 28.7. The average molecular weight is 488 g/mol. The van der Waals surface area contributed by atoms with Crippen molar-refractivity contribution in [2.45, 2.75) is 76.5 Å². The van der Waals surface area contributed by atoms with E-state index < -0.39 is 53.8 Å². The van der Waals surface area contributed by atoms with Crippen molar-refractivity contribution >= 4 is 41.4 Å². The first-order chi connectivity index (χ1) is 15.5. The van der Waals surface area contributed by atoms with Crippen LogP contribution in [0.5, 0.6) is 0 Å². The zero-order valence-corrected chi connectivity index (χ0v) is 20.4. The van der Waals surface area contributed by atoms with E-state index in [0.717, 1.165) is 0 Å². The number of carbonyl (C=O) groups excluding carboxylic acids is 4. The maximum Gasteiger partial charge on any atom is 0.326 e. The number of aliphatic carboxylic acids is 1. The predicted molar refractivity (Wildman–Crippen MR) is 125 cm³/mol. The maximum absolute atomic E-state index is 13.1. The molecule has 0 bridgehead atoms. The topological polar surface area (TPSA) is 185 Å². The summed E-state index contributed by atoms with van der Waals surface area (Å²) >= 11 is 1.48. The van der Waals surface area contributed by atoms with E-state index in [1.807, 2.05) is 20.1 Å². The molecule has 7 N–H and O–H groups in total. The summed E-state index contributed by atoms with van der Waals surface area (Å²) in [4.78, 5) is 62.7. The van der Waals surface area contributed by atoms with Gasteiger partial charge in [0.05, 0.1) is 6.04 Å². The molecule has 0 spiro atoms. The largest absolute Gasteiger partial charge is 0.480 e. The lowest BCUT2D eigenvalue weighted by molar-refractivity contribution is -0.149. The molecule has 188 valence electrons. The Hall–Kier alpha value is -2.34. The summed E-state index contributed by atoms with van der Waals surface area (Å²) in [6.07, 6.45) is 3.28. The highest BCUT2D eigenvalue weighted by Crippen LogP contribution is 2.20. The third-order valence-electron chi connectivity index (χ3n) is 5.42. The highest BCUT2D eigenvalue weighted by atomic mass is 32.2. The van der Waals surface area contributed by atoms with E-state index in [2.05, 4.69) is 10.6 Å². The van der Waals surface area contributed by atoms with Crippen LogP contribution >= 0.6 is 11.8 Å². The molecule has 0 aliphatic carbocycles. The van der Waals surface area contributed by atoms with E-state index in [1.54, 1.807) is 0 Å². The number of carbonyl (C=O) groups is 5. The lowest BCUT2D eigenvalue weighted by Crippen LogP contribution is -2.57. The van der Waals surface area contributed by atoms with Crippen molar-refractivity contribution < 1.29 is 29.1 Å². The standard InChI is InChI=1S/C21H37N5O6S/c1-12(2)11-13(22)18(28)24-14(6-7-17(23)27)19(29)25-15(8-10-33-3)20(30)26-9-4-5-16(26)21(31)32/h12-16H,4-11,22H2,1-3H3,(H2,23,27)(H,24,28)(H,25,29)(H,31,32). The van der Waals surface area contributed by atoms with Crippen LogP contribution in [0.2, 0.25) is 0 Å². The van der Waals surface area contributed by atoms with E-state index in [0.29, 0.717) is 31.6 Å². The Bertz CT molecular complexity index is 719. The first-order valence-corrected chi connectivity index (χ1v) is 12.5. The minimum absolute atomic E-state index is 0.0494. The molecular formula is C21H37N5O6S. The number of rotatable bonds is 14. The van der Waals surface area contributed by atoms with Crippen molar-refractivity contribution in [3.63, 3.8) is 0 Å². The lowest BCUT2D eigenvalue weighted by Gasteiger charge is -2.29. The second-order valence-corrected chi connectivity index (χ2v) is 9.66. The molecular weight excluding hydrogens is 450 g/mol. The lowest BCUT2D eigenvalue weighted by atomic mass is 10.0. The van der Waals surface area contributed by atoms with Crippen molar-refractivity contribution in [1.82, 2.24) is 15.5 Å². The summed E-state index contributed by atoms with van der Waals surface area (Å²) < 4.78 is 0. The highest BCUT2D eigenvalue weighted by Gasteiger charge is 2.38. The summed E-state index contributed by atoms with van der Waals surface area (Å²) in [5.74, 6) is -2.65. The smallest absolute Gasteiger partial charge is 0.326 e. The molecule has 1 heterocycles. The molecule has 1 saturated heterocycles. The van der Waals surface area contributed by atoms with Gasteiger partial charge in [0.2, 0.25) is 23.6 Å². The number of amides is 4. The maximum atomic E-state index is 13.1. The summed E-state index contributed by atoms with van der Waals surface area (Å²) in [7, 11) is 0. The van der Waals surface area contributed by atoms with Crippen LogP contribution in [0.3, 0.4) is 0 Å². The van der Waals surface area contributed by atoms with Crippen LogP contribution in [0.1, 0.15) is 52.4 Å². The number of nitrogens with one attached hydrogen (secondary N) is 2. The molecule has 0 aromatic rings. The summed E-state index contributed by atoms with van der Waals surface area (Å²) in [5.41, 5.74) is 11.1. The number of likely N-dealkylation sites (tertiary alicyclic amines) is 1. The fourth-order valence-corrected chi connectivity index (χ4v) is 4.17. The van der Waals surface area contributed by atoms with Crippen LogP contribution in [0.4, 0.5) is 0 Å². The van der Waals surface area contributed by atoms with Gasteiger partial charge in [-0.15, -0.1) is 0 Å². The number of hydrogen-bond acceptors (Lipinski definition) is 7. The minimum atomic E-state index is -1.11. The van der Waals surface area contributed by atoms with Crippen molar-refractivity contribution in [2.24, 2.45) is 17.4 Å². The average Bonchev–Trinajstić information content (AvgIpc) is 3.22. The first-order valence-electron chi connectivity index (χ1n) is 11.1. The Balaban J connectivity index is 2.98. The van der Waals surface area contributed by atoms with Gasteiger partial charge in [0.15, 0.2) is 0 Å². The van der Waals surface area contributed by atoms with Gasteiger partial charge in [-0.3, -0.25) is 19.2 Å². The molecule has 12 heteroatoms. The molecule has 0 saturated carbocycles. The predicted octanol–water partition coefficient (Wildman–Crippen LogP) is -0.576. The highest BCUT2D eigenvalue weighted by molar-refractivity contribution is 7.98. The van der Waals surface area contributed by atoms with Gasteiger partial charge in [0.1, 0.15) is 18.1 Å². The van der Waals surface area contributed by atoms with Crippen LogP contribution in [-0.2, 0) is 24.0 Å². The Morgan fingerprint density at radius 1 is 1.09 bits per heavy atom. The van der Waals surface area contributed by atoms with Crippen LogP contribution < -0.4 is 22.1 Å². The Morgan fingerprint density at radius 2 is 1.73 bits per heavy atom. The van der Waals surface area contributed by atoms with E-state index in [1.165, 1.54) is 16.7 Å². The van der Waals surface area contributed by atoms with E-state index >= 15 is 0 Å². The number of nitrogens with two attached hydrogens (primary N) is 2. The van der Waals surface area contributed by atoms with Crippen molar-refractivity contribution in [3.8, 4) is 0 Å². The molecule has 1 fully saturated rings. The number of nitrogens with zero attached hydrogens (tertiary/aromatic N) is 1. The summed E-state index contributed by atoms with van der Waals surface area (Å²) in [6.45, 7) is 4.12. The Labute approximate surface area is 198 Å². The molecule has 4 amide bonds. The number of thioether (sulfide) groups is 1. The third kappa shape index (κ3) is 9.58. The van der Waals surface area contributed by atoms with Gasteiger partial charge in [-0.1, -0.05) is 13.8 Å². The Morgan fingerprint density at radius 3 is 2.27 bits per heavy atom. The molecule has 1 aliphatic heterocycles. The van der Waals surface area contributed by atoms with Gasteiger partial charge >= 0.3 is 5.97 Å². The van der Waals surface area contributed by atoms with Gasteiger partial charge in [-0.2, -0.15) is 11.8 Å². The van der Waals surface area contributed by atoms with Crippen molar-refractivity contribution in [2.75, 3.05) is 18.6 Å². The molecule has 0 aromatic heterocycles. The minimum Gasteiger partial charge on any atom is -0.480 e. The normalized spacial score (nSPS) is 18.5. The molecule has 1 aliphatic rings. The van der Waals surface area contributed by atoms with E-state index in [4.69, 9.17) is 11.5 Å². The van der Waals surface area contributed by atoms with Crippen LogP contribution in [0, 0.1) is 5.92 Å². The van der Waals surface area contributed by atoms with Gasteiger partial charge in [0, 0.05) is 13.0 Å². The van der Waals surface area contributed by atoms with Gasteiger partial charge < -0.3 is 32.1 Å². The fraction of sp³-hybridized carbons (Fsp3) is 0.762. The monoisotopic (exact) mass is 487 g/mol. The molecule has 1 rings (SSSR count). The van der Waals surface area contributed by atoms with Gasteiger partial charge in [-0.05, 0) is 50.0 Å². The molecule has 0 radical (unpaired) electrons. The van der Waals surface area contributed by atoms with Gasteiger partial charge in [0.25, 0.3) is 0 Å². The quantitative estimate of drug-likeness (QED) is 0.215. The van der Waals surface area contributed by atoms with E-state index in [-0.39, 0.29) is 25.2 Å². The molecule has 11 nitrogen and oxygen atoms in total. The third-order valence-corrected chi connectivity index (χ3v) is 6.06. The number of carboxylic acid groups (broad SMARTS) is 1. The SMILES string of the molecule is CSCCC(NC(=O)C(CCC(N)=O)NC(=O)C(N)CC(C)C)C(=O)N1CCCC1C(=O)O. The fourth-order valence-electron chi connectivity index (χ4n) is 3.70. The number of primary amides is 1. The van der Waals surface area contributed by atoms with Crippen LogP contribution in [0.25, 0.3) is 0 Å². The van der Waals surface area contributed by atoms with E-state index in [9.17, 15) is 29.1 Å². The molecule has 4 atom stereocenters. The summed E-state index contributed by atoms with van der Waals surface area (Å²) in [5, 5.41) is 14.6. The zero-order chi connectivity index (χ0) is 25.1. The number of carboxylic acids is 1. The molecule has 0 aromatic carbocycles. The summed E-state index contributed by atoms with van der Waals surface area (Å²) in [6, 6.07) is -3.82. The molecule has 4 unspecified atom stereocenters. The molecule has 33 heavy (non-hydrogen) atoms. The second-order valence-electron chi connectivity index (χ2n) is 8.67. The van der Waals surface area contributed by atoms with Crippen LogP contribution in [-0.4, -0.2) is 82.3 Å². The zero-order valence-electron chi connectivity index (χ0n) is 19.5. The van der Waals surface area contributed by atoms with Crippen molar-refractivity contribution in [1.29, 1.82) is 0 Å². The van der Waals surface area contributed by atoms with Crippen molar-refractivity contribution in [3.05, 3.63) is 0 Å². The number of hydrogen-bond donors (Lipinski definition) is 5. The van der Waals surface area contributed by atoms with Crippen LogP contribution in [0.15, 0.2) is 0 Å². The van der Waals surface area contributed by atoms with Gasteiger partial charge in [-0.25, -0.2) is 4.79 Å². The Kier molecular flexibility index (Phi) is 12.2.